The SMILES string of the molecule is COc1cc(C)c(NCc2cn(C)nn2)cc1OC. The highest BCUT2D eigenvalue weighted by molar-refractivity contribution is 5.60. The molecule has 0 amide bonds. The Morgan fingerprint density at radius 3 is 2.47 bits per heavy atom. The normalized spacial score (nSPS) is 10.3. The molecule has 1 heterocycles. The number of aromatic nitrogens is 3. The molecule has 0 aliphatic carbocycles. The molecule has 0 saturated carbocycles. The molecule has 6 heteroatoms. The third-order valence-electron chi connectivity index (χ3n) is 2.84. The van der Waals surface area contributed by atoms with Gasteiger partial charge in [-0.05, 0) is 18.6 Å². The molecule has 1 N–H and O–H groups in total. The summed E-state index contributed by atoms with van der Waals surface area (Å²) in [5.74, 6) is 1.43. The molecular formula is C13H18N4O2. The highest BCUT2D eigenvalue weighted by atomic mass is 16.5. The van der Waals surface area contributed by atoms with Gasteiger partial charge in [0.15, 0.2) is 11.5 Å². The standard InChI is InChI=1S/C13H18N4O2/c1-9-5-12(18-3)13(19-4)6-11(9)14-7-10-8-17(2)16-15-10/h5-6,8,14H,7H2,1-4H3. The molecule has 0 aliphatic heterocycles. The smallest absolute Gasteiger partial charge is 0.162 e. The van der Waals surface area contributed by atoms with Crippen molar-refractivity contribution in [2.45, 2.75) is 13.5 Å². The van der Waals surface area contributed by atoms with Crippen LogP contribution in [0.3, 0.4) is 0 Å². The summed E-state index contributed by atoms with van der Waals surface area (Å²) in [6.45, 7) is 2.63. The zero-order valence-corrected chi connectivity index (χ0v) is 11.6. The summed E-state index contributed by atoms with van der Waals surface area (Å²) in [6.07, 6.45) is 1.88. The van der Waals surface area contributed by atoms with E-state index in [9.17, 15) is 0 Å². The molecule has 6 nitrogen and oxygen atoms in total. The number of rotatable bonds is 5. The Hall–Kier alpha value is -2.24. The van der Waals surface area contributed by atoms with Crippen LogP contribution in [-0.4, -0.2) is 29.2 Å². The molecule has 0 unspecified atom stereocenters. The number of methoxy groups -OCH3 is 2. The van der Waals surface area contributed by atoms with Crippen LogP contribution in [0.5, 0.6) is 11.5 Å². The van der Waals surface area contributed by atoms with Crippen molar-refractivity contribution in [3.63, 3.8) is 0 Å². The van der Waals surface area contributed by atoms with Gasteiger partial charge in [0, 0.05) is 25.0 Å². The second-order valence-corrected chi connectivity index (χ2v) is 4.26. The number of hydrogen-bond acceptors (Lipinski definition) is 5. The molecule has 0 aliphatic rings. The Kier molecular flexibility index (Phi) is 3.89. The number of benzene rings is 1. The van der Waals surface area contributed by atoms with E-state index in [1.54, 1.807) is 18.9 Å². The minimum atomic E-state index is 0.615. The number of anilines is 1. The number of hydrogen-bond donors (Lipinski definition) is 1. The summed E-state index contributed by atoms with van der Waals surface area (Å²) < 4.78 is 12.2. The Morgan fingerprint density at radius 2 is 1.89 bits per heavy atom. The van der Waals surface area contributed by atoms with Gasteiger partial charge in [0.05, 0.1) is 20.8 Å². The van der Waals surface area contributed by atoms with Crippen LogP contribution in [0, 0.1) is 6.92 Å². The molecule has 1 aromatic carbocycles. The van der Waals surface area contributed by atoms with E-state index in [4.69, 9.17) is 9.47 Å². The van der Waals surface area contributed by atoms with Gasteiger partial charge in [0.2, 0.25) is 0 Å². The van der Waals surface area contributed by atoms with Crippen molar-refractivity contribution in [3.8, 4) is 11.5 Å². The minimum Gasteiger partial charge on any atom is -0.493 e. The van der Waals surface area contributed by atoms with Crippen LogP contribution in [0.1, 0.15) is 11.3 Å². The number of aryl methyl sites for hydroxylation is 2. The van der Waals surface area contributed by atoms with Crippen molar-refractivity contribution in [3.05, 3.63) is 29.6 Å². The average molecular weight is 262 g/mol. The first-order chi connectivity index (χ1) is 9.13. The van der Waals surface area contributed by atoms with Gasteiger partial charge in [0.25, 0.3) is 0 Å². The van der Waals surface area contributed by atoms with Crippen LogP contribution in [0.4, 0.5) is 5.69 Å². The van der Waals surface area contributed by atoms with Gasteiger partial charge in [0.1, 0.15) is 5.69 Å². The summed E-state index contributed by atoms with van der Waals surface area (Å²) >= 11 is 0. The third-order valence-corrected chi connectivity index (χ3v) is 2.84. The van der Waals surface area contributed by atoms with Crippen molar-refractivity contribution >= 4 is 5.69 Å². The number of ether oxygens (including phenoxy) is 2. The highest BCUT2D eigenvalue weighted by Gasteiger charge is 2.08. The third kappa shape index (κ3) is 2.96. The van der Waals surface area contributed by atoms with E-state index in [0.29, 0.717) is 12.3 Å². The molecule has 0 saturated heterocycles. The maximum absolute atomic E-state index is 5.29. The fourth-order valence-electron chi connectivity index (χ4n) is 1.83. The number of nitrogens with zero attached hydrogens (tertiary/aromatic N) is 3. The zero-order chi connectivity index (χ0) is 13.8. The summed E-state index contributed by atoms with van der Waals surface area (Å²) in [4.78, 5) is 0. The monoisotopic (exact) mass is 262 g/mol. The molecule has 0 radical (unpaired) electrons. The van der Waals surface area contributed by atoms with Crippen molar-refractivity contribution in [2.24, 2.45) is 7.05 Å². The van der Waals surface area contributed by atoms with Crippen molar-refractivity contribution in [1.29, 1.82) is 0 Å². The maximum Gasteiger partial charge on any atom is 0.162 e. The lowest BCUT2D eigenvalue weighted by Crippen LogP contribution is -2.02. The molecule has 1 aromatic heterocycles. The quantitative estimate of drug-likeness (QED) is 0.889. The van der Waals surface area contributed by atoms with E-state index in [0.717, 1.165) is 22.7 Å². The lowest BCUT2D eigenvalue weighted by molar-refractivity contribution is 0.355. The fraction of sp³-hybridized carbons (Fsp3) is 0.385. The average Bonchev–Trinajstić information content (AvgIpc) is 2.82. The minimum absolute atomic E-state index is 0.615. The van der Waals surface area contributed by atoms with Gasteiger partial charge in [-0.2, -0.15) is 0 Å². The molecule has 2 rings (SSSR count). The molecule has 102 valence electrons. The van der Waals surface area contributed by atoms with Gasteiger partial charge < -0.3 is 14.8 Å². The van der Waals surface area contributed by atoms with Gasteiger partial charge >= 0.3 is 0 Å². The lowest BCUT2D eigenvalue weighted by Gasteiger charge is -2.13. The van der Waals surface area contributed by atoms with E-state index < -0.39 is 0 Å². The molecule has 19 heavy (non-hydrogen) atoms. The second kappa shape index (κ2) is 5.60. The van der Waals surface area contributed by atoms with Crippen molar-refractivity contribution < 1.29 is 9.47 Å². The number of nitrogens with one attached hydrogen (secondary N) is 1. The van der Waals surface area contributed by atoms with E-state index >= 15 is 0 Å². The van der Waals surface area contributed by atoms with Crippen LogP contribution in [0.25, 0.3) is 0 Å². The maximum atomic E-state index is 5.29. The second-order valence-electron chi connectivity index (χ2n) is 4.26. The van der Waals surface area contributed by atoms with E-state index in [1.165, 1.54) is 0 Å². The van der Waals surface area contributed by atoms with Crippen LogP contribution < -0.4 is 14.8 Å². The fourth-order valence-corrected chi connectivity index (χ4v) is 1.83. The van der Waals surface area contributed by atoms with Crippen molar-refractivity contribution in [2.75, 3.05) is 19.5 Å². The Balaban J connectivity index is 2.15. The van der Waals surface area contributed by atoms with E-state index in [1.807, 2.05) is 32.3 Å². The molecule has 0 bridgehead atoms. The van der Waals surface area contributed by atoms with E-state index in [-0.39, 0.29) is 0 Å². The van der Waals surface area contributed by atoms with Gasteiger partial charge in [-0.25, -0.2) is 0 Å². The van der Waals surface area contributed by atoms with E-state index in [2.05, 4.69) is 15.6 Å². The van der Waals surface area contributed by atoms with Crippen LogP contribution >= 0.6 is 0 Å². The van der Waals surface area contributed by atoms with Crippen LogP contribution in [0.15, 0.2) is 18.3 Å². The topological polar surface area (TPSA) is 61.2 Å². The first kappa shape index (κ1) is 13.2. The Bertz CT molecular complexity index is 566. The highest BCUT2D eigenvalue weighted by Crippen LogP contribution is 2.32. The Labute approximate surface area is 112 Å². The summed E-state index contributed by atoms with van der Waals surface area (Å²) in [5.41, 5.74) is 2.96. The molecule has 0 spiro atoms. The van der Waals surface area contributed by atoms with Gasteiger partial charge in [-0.1, -0.05) is 5.21 Å². The molecule has 0 atom stereocenters. The van der Waals surface area contributed by atoms with Crippen molar-refractivity contribution in [1.82, 2.24) is 15.0 Å². The first-order valence-electron chi connectivity index (χ1n) is 5.95. The predicted molar refractivity (Wildman–Crippen MR) is 72.6 cm³/mol. The molecule has 2 aromatic rings. The van der Waals surface area contributed by atoms with Gasteiger partial charge in [-0.3, -0.25) is 4.68 Å². The molecule has 0 fully saturated rings. The largest absolute Gasteiger partial charge is 0.493 e. The summed E-state index contributed by atoms with van der Waals surface area (Å²) in [6, 6.07) is 3.86. The van der Waals surface area contributed by atoms with Crippen LogP contribution in [0.2, 0.25) is 0 Å². The Morgan fingerprint density at radius 1 is 1.21 bits per heavy atom. The summed E-state index contributed by atoms with van der Waals surface area (Å²) in [5, 5.41) is 11.2. The zero-order valence-electron chi connectivity index (χ0n) is 11.6. The molecular weight excluding hydrogens is 244 g/mol. The van der Waals surface area contributed by atoms with Gasteiger partial charge in [-0.15, -0.1) is 5.10 Å². The lowest BCUT2D eigenvalue weighted by atomic mass is 10.1. The predicted octanol–water partition coefficient (Wildman–Crippen LogP) is 1.75. The first-order valence-corrected chi connectivity index (χ1v) is 5.95. The summed E-state index contributed by atoms with van der Waals surface area (Å²) in [7, 11) is 5.10. The van der Waals surface area contributed by atoms with Crippen LogP contribution in [-0.2, 0) is 13.6 Å².